The van der Waals surface area contributed by atoms with Crippen LogP contribution in [-0.2, 0) is 19.9 Å². The average molecular weight is 487 g/mol. The molecule has 0 fully saturated rings. The fourth-order valence-electron chi connectivity index (χ4n) is 2.36. The van der Waals surface area contributed by atoms with Crippen LogP contribution in [0.25, 0.3) is 11.3 Å². The molecule has 1 N–H and O–H groups in total. The molecule has 0 amide bonds. The number of nitrogens with zero attached hydrogens (tertiary/aromatic N) is 2. The van der Waals surface area contributed by atoms with Crippen molar-refractivity contribution in [3.05, 3.63) is 22.2 Å². The summed E-state index contributed by atoms with van der Waals surface area (Å²) in [6, 6.07) is 0. The second-order valence-corrected chi connectivity index (χ2v) is 5.16. The van der Waals surface area contributed by atoms with Gasteiger partial charge in [-0.1, -0.05) is 0 Å². The molecule has 0 saturated heterocycles. The molecule has 2 aromatic rings. The molecule has 1 aliphatic rings. The number of aromatic nitrogens is 2. The average Bonchev–Trinajstić information content (AvgIpc) is 2.70. The summed E-state index contributed by atoms with van der Waals surface area (Å²) in [5.74, 6) is 0. The van der Waals surface area contributed by atoms with Gasteiger partial charge in [0.2, 0.25) is 0 Å². The zero-order valence-corrected chi connectivity index (χ0v) is 16.7. The van der Waals surface area contributed by atoms with E-state index in [0.717, 1.165) is 24.1 Å². The summed E-state index contributed by atoms with van der Waals surface area (Å²) in [6.07, 6.45) is 3.97. The van der Waals surface area contributed by atoms with Crippen LogP contribution in [0.5, 0.6) is 5.06 Å². The fraction of sp³-hybridized carbons (Fsp3) is 0.364. The summed E-state index contributed by atoms with van der Waals surface area (Å²) >= 11 is 1.48. The van der Waals surface area contributed by atoms with Crippen molar-refractivity contribution < 1.29 is 5.11 Å². The normalized spacial score (nSPS) is 12.9. The van der Waals surface area contributed by atoms with Crippen LogP contribution in [0.15, 0.2) is 6.20 Å². The number of aromatic hydroxyl groups is 1. The van der Waals surface area contributed by atoms with Crippen molar-refractivity contribution in [2.75, 3.05) is 0 Å². The van der Waals surface area contributed by atoms with E-state index in [1.54, 1.807) is 0 Å². The molecule has 5 heteroatoms. The Morgan fingerprint density at radius 3 is 2.94 bits per heavy atom. The Balaban J connectivity index is 0.000000963. The Labute approximate surface area is 92.0 Å². The number of thiophene rings is 1. The second-order valence-electron chi connectivity index (χ2n) is 3.96. The molecule has 3 rings (SSSR count). The molecule has 80 valence electrons. The van der Waals surface area contributed by atoms with Gasteiger partial charge in [0.05, 0.1) is 17.5 Å². The van der Waals surface area contributed by atoms with Crippen molar-refractivity contribution in [3.8, 4) is 16.3 Å². The molecule has 0 spiro atoms. The SMILES string of the molecule is Cc1sc(O)c2c1CCc1cnn(C)c1-2.[Rf]. The Kier molecular flexibility index (Phi) is 1.98. The number of fused-ring (bicyclic) bond motifs is 3. The van der Waals surface area contributed by atoms with Crippen LogP contribution in [0, 0.1) is 6.92 Å². The van der Waals surface area contributed by atoms with Gasteiger partial charge in [0.15, 0.2) is 5.06 Å². The maximum Gasteiger partial charge on any atom is 0.181 e. The Morgan fingerprint density at radius 2 is 2.19 bits per heavy atom. The van der Waals surface area contributed by atoms with E-state index in [1.807, 2.05) is 17.9 Å². The van der Waals surface area contributed by atoms with Gasteiger partial charge in [0.25, 0.3) is 0 Å². The minimum atomic E-state index is 0. The van der Waals surface area contributed by atoms with E-state index in [4.69, 9.17) is 0 Å². The van der Waals surface area contributed by atoms with Gasteiger partial charge in [0.1, 0.15) is 0 Å². The summed E-state index contributed by atoms with van der Waals surface area (Å²) in [5.41, 5.74) is 4.66. The standard InChI is InChI=1S/C11H12N2OS.Rf/c1-6-8-4-3-7-5-12-13(2)10(7)9(8)11(14)15-6;/h5,14H,3-4H2,1-2H3;. The van der Waals surface area contributed by atoms with Crippen LogP contribution >= 0.6 is 11.3 Å². The molecule has 0 unspecified atom stereocenters. The minimum absolute atomic E-state index is 0. The van der Waals surface area contributed by atoms with Gasteiger partial charge < -0.3 is 5.11 Å². The van der Waals surface area contributed by atoms with Crippen LogP contribution < -0.4 is 0 Å². The van der Waals surface area contributed by atoms with Crippen LogP contribution in [0.2, 0.25) is 0 Å². The van der Waals surface area contributed by atoms with E-state index in [2.05, 4.69) is 12.0 Å². The predicted molar refractivity (Wildman–Crippen MR) is 60.3 cm³/mol. The van der Waals surface area contributed by atoms with Crippen molar-refractivity contribution in [1.82, 2.24) is 9.78 Å². The summed E-state index contributed by atoms with van der Waals surface area (Å²) in [6.45, 7) is 2.07. The molecule has 0 aromatic carbocycles. The van der Waals surface area contributed by atoms with Gasteiger partial charge in [-0.2, -0.15) is 5.10 Å². The van der Waals surface area contributed by atoms with E-state index < -0.39 is 0 Å². The van der Waals surface area contributed by atoms with Crippen molar-refractivity contribution >= 4 is 11.3 Å². The molecule has 16 heavy (non-hydrogen) atoms. The van der Waals surface area contributed by atoms with Crippen molar-refractivity contribution in [2.45, 2.75) is 19.8 Å². The molecule has 0 atom stereocenters. The fourth-order valence-corrected chi connectivity index (χ4v) is 3.30. The molecule has 0 aliphatic heterocycles. The van der Waals surface area contributed by atoms with E-state index in [0.29, 0.717) is 5.06 Å². The third-order valence-electron chi connectivity index (χ3n) is 3.09. The first-order valence-corrected chi connectivity index (χ1v) is 5.82. The van der Waals surface area contributed by atoms with E-state index in [-0.39, 0.29) is 0 Å². The topological polar surface area (TPSA) is 38.1 Å². The van der Waals surface area contributed by atoms with Gasteiger partial charge in [-0.3, -0.25) is 4.68 Å². The first kappa shape index (κ1) is 10.2. The van der Waals surface area contributed by atoms with E-state index >= 15 is 0 Å². The van der Waals surface area contributed by atoms with Gasteiger partial charge in [-0.05, 0) is 30.9 Å². The summed E-state index contributed by atoms with van der Waals surface area (Å²) in [5, 5.41) is 14.6. The third kappa shape index (κ3) is 1.05. The quantitative estimate of drug-likeness (QED) is 0.620. The molecule has 2 heterocycles. The van der Waals surface area contributed by atoms with E-state index in [1.165, 1.54) is 27.3 Å². The van der Waals surface area contributed by atoms with Gasteiger partial charge in [-0.25, -0.2) is 0 Å². The van der Waals surface area contributed by atoms with Gasteiger partial charge >= 0.3 is 0 Å². The summed E-state index contributed by atoms with van der Waals surface area (Å²) in [4.78, 5) is 1.23. The molecule has 0 bridgehead atoms. The van der Waals surface area contributed by atoms with Crippen LogP contribution in [0.1, 0.15) is 16.0 Å². The first-order valence-electron chi connectivity index (χ1n) is 5.01. The summed E-state index contributed by atoms with van der Waals surface area (Å²) < 4.78 is 1.86. The third-order valence-corrected chi connectivity index (χ3v) is 4.04. The van der Waals surface area contributed by atoms with E-state index in [9.17, 15) is 5.11 Å². The maximum absolute atomic E-state index is 9.94. The number of rotatable bonds is 0. The zero-order valence-electron chi connectivity index (χ0n) is 9.45. The smallest absolute Gasteiger partial charge is 0.181 e. The Bertz CT molecular complexity index is 544. The Hall–Kier alpha value is -2.29. The zero-order chi connectivity index (χ0) is 10.6. The maximum atomic E-state index is 9.94. The second kappa shape index (κ2) is 3.10. The largest absolute Gasteiger partial charge is 0.499 e. The predicted octanol–water partition coefficient (Wildman–Crippen LogP) is 2.26. The van der Waals surface area contributed by atoms with Gasteiger partial charge in [-0.15, -0.1) is 11.3 Å². The molecule has 1 aliphatic carbocycles. The molecule has 0 radical (unpaired) electrons. The molecular formula is C11H12N2ORfS. The Morgan fingerprint density at radius 1 is 1.44 bits per heavy atom. The molecule has 0 saturated carbocycles. The van der Waals surface area contributed by atoms with Crippen LogP contribution in [-0.4, -0.2) is 14.9 Å². The van der Waals surface area contributed by atoms with Crippen LogP contribution in [0.4, 0.5) is 0 Å². The van der Waals surface area contributed by atoms with Crippen molar-refractivity contribution in [1.29, 1.82) is 0 Å². The minimum Gasteiger partial charge on any atom is -0.499 e. The number of hydrogen-bond acceptors (Lipinski definition) is 3. The molecular weight excluding hydrogens is 475 g/mol. The van der Waals surface area contributed by atoms with Crippen molar-refractivity contribution in [3.63, 3.8) is 0 Å². The molecule has 2 aromatic heterocycles. The van der Waals surface area contributed by atoms with Gasteiger partial charge in [0, 0.05) is 11.9 Å². The number of hydrogen-bond donors (Lipinski definition) is 1. The number of aryl methyl sites for hydroxylation is 3. The molecule has 3 nitrogen and oxygen atoms in total. The summed E-state index contributed by atoms with van der Waals surface area (Å²) in [7, 11) is 1.93. The monoisotopic (exact) mass is 487 g/mol. The van der Waals surface area contributed by atoms with Crippen molar-refractivity contribution in [2.24, 2.45) is 7.05 Å². The van der Waals surface area contributed by atoms with Crippen LogP contribution in [0.3, 0.4) is 0 Å². The first-order chi connectivity index (χ1) is 7.18.